The largest absolute Gasteiger partial charge is 0.471 e. The molecule has 2 heterocycles. The molecule has 0 aliphatic carbocycles. The van der Waals surface area contributed by atoms with Crippen LogP contribution in [0.25, 0.3) is 0 Å². The SMILES string of the molecule is CC(C)(C)OC(=O)[C@@H](C/C=C\[C@H]1O[C@@H]2OC(C)(C)O[C@@H]2[C@H]1OCc1ccccc1)NC(=O)C(F)(F)F. The third-order valence-electron chi connectivity index (χ3n) is 5.26. The van der Waals surface area contributed by atoms with Crippen LogP contribution < -0.4 is 5.32 Å². The van der Waals surface area contributed by atoms with E-state index in [-0.39, 0.29) is 13.0 Å². The van der Waals surface area contributed by atoms with Crippen molar-refractivity contribution in [1.29, 1.82) is 0 Å². The number of benzene rings is 1. The molecule has 8 nitrogen and oxygen atoms in total. The zero-order chi connectivity index (χ0) is 26.7. The number of nitrogens with one attached hydrogen (secondary N) is 1. The second-order valence-electron chi connectivity index (χ2n) is 10.1. The Kier molecular flexibility index (Phi) is 8.49. The maximum atomic E-state index is 12.8. The van der Waals surface area contributed by atoms with Crippen LogP contribution in [0.15, 0.2) is 42.5 Å². The van der Waals surface area contributed by atoms with Crippen LogP contribution >= 0.6 is 0 Å². The number of carbonyl (C=O) groups is 2. The molecule has 0 saturated carbocycles. The highest BCUT2D eigenvalue weighted by Gasteiger charge is 2.54. The number of carbonyl (C=O) groups excluding carboxylic acids is 2. The third-order valence-corrected chi connectivity index (χ3v) is 5.26. The lowest BCUT2D eigenvalue weighted by Gasteiger charge is -2.25. The fourth-order valence-corrected chi connectivity index (χ4v) is 3.79. The number of esters is 1. The first-order chi connectivity index (χ1) is 16.6. The highest BCUT2D eigenvalue weighted by Crippen LogP contribution is 2.39. The van der Waals surface area contributed by atoms with Crippen molar-refractivity contribution in [1.82, 2.24) is 5.32 Å². The summed E-state index contributed by atoms with van der Waals surface area (Å²) in [4.78, 5) is 24.0. The number of ether oxygens (including phenoxy) is 5. The molecule has 36 heavy (non-hydrogen) atoms. The van der Waals surface area contributed by atoms with Gasteiger partial charge in [0.25, 0.3) is 0 Å². The van der Waals surface area contributed by atoms with Gasteiger partial charge in [0.1, 0.15) is 30.0 Å². The molecule has 1 aromatic rings. The summed E-state index contributed by atoms with van der Waals surface area (Å²) < 4.78 is 67.4. The van der Waals surface area contributed by atoms with Crippen LogP contribution in [-0.4, -0.2) is 60.1 Å². The van der Waals surface area contributed by atoms with Crippen LogP contribution in [-0.2, 0) is 39.9 Å². The van der Waals surface area contributed by atoms with Gasteiger partial charge in [0.15, 0.2) is 12.1 Å². The first-order valence-corrected chi connectivity index (χ1v) is 11.6. The molecular formula is C25H32F3NO7. The zero-order valence-electron chi connectivity index (χ0n) is 20.8. The maximum absolute atomic E-state index is 12.8. The van der Waals surface area contributed by atoms with E-state index in [1.54, 1.807) is 46.0 Å². The number of amides is 1. The summed E-state index contributed by atoms with van der Waals surface area (Å²) in [5.74, 6) is -4.09. The van der Waals surface area contributed by atoms with Crippen molar-refractivity contribution in [2.45, 2.75) is 95.9 Å². The van der Waals surface area contributed by atoms with E-state index >= 15 is 0 Å². The predicted octanol–water partition coefficient (Wildman–Crippen LogP) is 3.78. The lowest BCUT2D eigenvalue weighted by Crippen LogP contribution is -2.48. The van der Waals surface area contributed by atoms with Crippen LogP contribution in [0, 0.1) is 0 Å². The molecule has 0 radical (unpaired) electrons. The average Bonchev–Trinajstić information content (AvgIpc) is 3.21. The predicted molar refractivity (Wildman–Crippen MR) is 121 cm³/mol. The van der Waals surface area contributed by atoms with Gasteiger partial charge in [-0.2, -0.15) is 13.2 Å². The fraction of sp³-hybridized carbons (Fsp3) is 0.600. The van der Waals surface area contributed by atoms with Gasteiger partial charge in [-0.05, 0) is 46.6 Å². The molecule has 2 saturated heterocycles. The van der Waals surface area contributed by atoms with Crippen molar-refractivity contribution in [3.63, 3.8) is 0 Å². The van der Waals surface area contributed by atoms with E-state index in [2.05, 4.69) is 0 Å². The Balaban J connectivity index is 1.71. The quantitative estimate of drug-likeness (QED) is 0.416. The minimum Gasteiger partial charge on any atom is -0.458 e. The summed E-state index contributed by atoms with van der Waals surface area (Å²) in [5, 5.41) is 1.70. The van der Waals surface area contributed by atoms with Crippen LogP contribution in [0.5, 0.6) is 0 Å². The molecule has 0 unspecified atom stereocenters. The minimum atomic E-state index is -5.15. The van der Waals surface area contributed by atoms with Gasteiger partial charge in [0.05, 0.1) is 6.61 Å². The molecule has 1 amide bonds. The Morgan fingerprint density at radius 3 is 2.42 bits per heavy atom. The fourth-order valence-electron chi connectivity index (χ4n) is 3.79. The van der Waals surface area contributed by atoms with Gasteiger partial charge in [-0.3, -0.25) is 4.79 Å². The van der Waals surface area contributed by atoms with Gasteiger partial charge in [0.2, 0.25) is 0 Å². The Labute approximate surface area is 208 Å². The third kappa shape index (κ3) is 7.76. The number of hydrogen-bond donors (Lipinski definition) is 1. The molecule has 1 N–H and O–H groups in total. The summed E-state index contributed by atoms with van der Waals surface area (Å²) in [6.07, 6.45) is -4.90. The van der Waals surface area contributed by atoms with Gasteiger partial charge in [0, 0.05) is 0 Å². The Bertz CT molecular complexity index is 943. The maximum Gasteiger partial charge on any atom is 0.471 e. The van der Waals surface area contributed by atoms with Crippen molar-refractivity contribution in [2.24, 2.45) is 0 Å². The topological polar surface area (TPSA) is 92.3 Å². The number of halogens is 3. The lowest BCUT2D eigenvalue weighted by molar-refractivity contribution is -0.213. The molecule has 200 valence electrons. The second-order valence-corrected chi connectivity index (χ2v) is 10.1. The van der Waals surface area contributed by atoms with Crippen molar-refractivity contribution in [3.05, 3.63) is 48.0 Å². The van der Waals surface area contributed by atoms with Crippen LogP contribution in [0.4, 0.5) is 13.2 Å². The standard InChI is InChI=1S/C25H32F3NO7/c1-23(2,3)35-20(30)16(29-22(31)25(26,27)28)12-9-13-17-18(32-14-15-10-7-6-8-11-15)19-21(33-17)36-24(4,5)34-19/h6-11,13,16-19,21H,12,14H2,1-5H3,(H,29,31)/b13-9-/t16-,17-,18+,19-,21-/m1/s1. The van der Waals surface area contributed by atoms with Gasteiger partial charge in [-0.15, -0.1) is 0 Å². The second kappa shape index (κ2) is 10.9. The van der Waals surface area contributed by atoms with E-state index in [0.717, 1.165) is 5.56 Å². The molecule has 0 bridgehead atoms. The normalized spacial score (nSPS) is 26.6. The summed E-state index contributed by atoms with van der Waals surface area (Å²) in [7, 11) is 0. The zero-order valence-corrected chi connectivity index (χ0v) is 20.8. The molecule has 0 spiro atoms. The van der Waals surface area contributed by atoms with Crippen molar-refractivity contribution >= 4 is 11.9 Å². The molecule has 11 heteroatoms. The van der Waals surface area contributed by atoms with Crippen molar-refractivity contribution < 1.29 is 46.4 Å². The average molecular weight is 516 g/mol. The summed E-state index contributed by atoms with van der Waals surface area (Å²) in [6, 6.07) is 7.92. The number of alkyl halides is 3. The molecule has 2 aliphatic heterocycles. The van der Waals surface area contributed by atoms with E-state index in [0.29, 0.717) is 0 Å². The Hall–Kier alpha value is -2.47. The smallest absolute Gasteiger partial charge is 0.458 e. The molecule has 5 atom stereocenters. The number of fused-ring (bicyclic) bond motifs is 1. The van der Waals surface area contributed by atoms with E-state index in [9.17, 15) is 22.8 Å². The van der Waals surface area contributed by atoms with Crippen LogP contribution in [0.2, 0.25) is 0 Å². The Morgan fingerprint density at radius 2 is 1.81 bits per heavy atom. The Morgan fingerprint density at radius 1 is 1.14 bits per heavy atom. The monoisotopic (exact) mass is 515 g/mol. The summed E-state index contributed by atoms with van der Waals surface area (Å²) >= 11 is 0. The highest BCUT2D eigenvalue weighted by atomic mass is 19.4. The first kappa shape index (κ1) is 28.1. The van der Waals surface area contributed by atoms with Crippen LogP contribution in [0.1, 0.15) is 46.6 Å². The van der Waals surface area contributed by atoms with Gasteiger partial charge < -0.3 is 29.0 Å². The van der Waals surface area contributed by atoms with E-state index in [1.165, 1.54) is 6.08 Å². The molecule has 3 rings (SSSR count). The molecule has 1 aromatic carbocycles. The van der Waals surface area contributed by atoms with E-state index < -0.39 is 60.1 Å². The van der Waals surface area contributed by atoms with E-state index in [1.807, 2.05) is 30.3 Å². The van der Waals surface area contributed by atoms with Gasteiger partial charge in [-0.1, -0.05) is 42.5 Å². The highest BCUT2D eigenvalue weighted by molar-refractivity contribution is 5.87. The van der Waals surface area contributed by atoms with Gasteiger partial charge in [-0.25, -0.2) is 4.79 Å². The van der Waals surface area contributed by atoms with E-state index in [4.69, 9.17) is 23.7 Å². The molecule has 0 aromatic heterocycles. The summed E-state index contributed by atoms with van der Waals surface area (Å²) in [5.41, 5.74) is -0.0204. The van der Waals surface area contributed by atoms with Crippen molar-refractivity contribution in [2.75, 3.05) is 0 Å². The lowest BCUT2D eigenvalue weighted by atomic mass is 10.1. The first-order valence-electron chi connectivity index (χ1n) is 11.6. The molecule has 2 aliphatic rings. The van der Waals surface area contributed by atoms with Crippen molar-refractivity contribution in [3.8, 4) is 0 Å². The minimum absolute atomic E-state index is 0.259. The summed E-state index contributed by atoms with van der Waals surface area (Å²) in [6.45, 7) is 8.50. The van der Waals surface area contributed by atoms with Crippen LogP contribution in [0.3, 0.4) is 0 Å². The number of rotatable bonds is 8. The number of hydrogen-bond acceptors (Lipinski definition) is 7. The molecular weight excluding hydrogens is 483 g/mol. The molecule has 2 fully saturated rings. The van der Waals surface area contributed by atoms with Gasteiger partial charge >= 0.3 is 18.1 Å².